The van der Waals surface area contributed by atoms with Crippen LogP contribution in [0.3, 0.4) is 0 Å². The van der Waals surface area contributed by atoms with Gasteiger partial charge in [0.15, 0.2) is 6.04 Å². The maximum Gasteiger partial charge on any atom is 0.329 e. The van der Waals surface area contributed by atoms with Gasteiger partial charge in [-0.2, -0.15) is 0 Å². The number of phenols is 1. The lowest BCUT2D eigenvalue weighted by Gasteiger charge is -2.38. The van der Waals surface area contributed by atoms with Crippen molar-refractivity contribution in [1.29, 1.82) is 0 Å². The van der Waals surface area contributed by atoms with Crippen LogP contribution in [0.1, 0.15) is 5.56 Å². The summed E-state index contributed by atoms with van der Waals surface area (Å²) in [7, 11) is 0. The van der Waals surface area contributed by atoms with Gasteiger partial charge in [0, 0.05) is 0 Å². The molecule has 8 N–H and O–H groups in total. The van der Waals surface area contributed by atoms with E-state index >= 15 is 0 Å². The predicted molar refractivity (Wildman–Crippen MR) is 87.1 cm³/mol. The smallest absolute Gasteiger partial charge is 0.329 e. The Labute approximate surface area is 148 Å². The van der Waals surface area contributed by atoms with E-state index in [1.54, 1.807) is 12.1 Å². The van der Waals surface area contributed by atoms with Gasteiger partial charge in [-0.25, -0.2) is 4.79 Å². The Balaban J connectivity index is 2.03. The number of carboxylic acid groups (broad SMARTS) is 1. The van der Waals surface area contributed by atoms with Crippen molar-refractivity contribution < 1.29 is 39.9 Å². The number of amides is 1. The Hall–Kier alpha value is -2.24. The number of aliphatic hydroxyl groups excluding tert-OH is 3. The molecule has 1 aliphatic heterocycles. The molecule has 1 aromatic rings. The molecular formula is C16H22N2O8. The molecule has 10 heteroatoms. The van der Waals surface area contributed by atoms with Crippen molar-refractivity contribution in [2.45, 2.75) is 42.9 Å². The van der Waals surface area contributed by atoms with Crippen LogP contribution in [0.15, 0.2) is 24.3 Å². The van der Waals surface area contributed by atoms with Crippen molar-refractivity contribution in [1.82, 2.24) is 5.32 Å². The SMILES string of the molecule is N[C@@H](Cc1ccc(O)cc1)C(=O)N[C@H](C(=O)O)[C@@H]1OC[C@H](O)[C@@H](O)[C@H]1O. The van der Waals surface area contributed by atoms with E-state index in [9.17, 15) is 35.1 Å². The Morgan fingerprint density at radius 1 is 1.19 bits per heavy atom. The standard InChI is InChI=1S/C16H22N2O8/c17-9(5-7-1-3-8(19)4-2-7)15(23)18-11(16(24)25)14-13(22)12(21)10(20)6-26-14/h1-4,9-14,19-22H,5-6,17H2,(H,18,23)(H,24,25)/t9-,10-,11-,12+,13+,14-/m0/s1. The highest BCUT2D eigenvalue weighted by molar-refractivity contribution is 5.87. The van der Waals surface area contributed by atoms with Crippen LogP contribution >= 0.6 is 0 Å². The molecule has 1 amide bonds. The molecule has 6 atom stereocenters. The molecule has 26 heavy (non-hydrogen) atoms. The Morgan fingerprint density at radius 2 is 1.81 bits per heavy atom. The number of carbonyl (C=O) groups is 2. The van der Waals surface area contributed by atoms with Crippen molar-refractivity contribution in [2.24, 2.45) is 5.73 Å². The van der Waals surface area contributed by atoms with E-state index in [4.69, 9.17) is 10.5 Å². The van der Waals surface area contributed by atoms with Gasteiger partial charge in [-0.05, 0) is 24.1 Å². The number of carbonyl (C=O) groups excluding carboxylic acids is 1. The second-order valence-corrected chi connectivity index (χ2v) is 6.15. The fraction of sp³-hybridized carbons (Fsp3) is 0.500. The predicted octanol–water partition coefficient (Wildman–Crippen LogP) is -2.69. The minimum Gasteiger partial charge on any atom is -0.508 e. The number of benzene rings is 1. The minimum absolute atomic E-state index is 0.0573. The molecule has 1 saturated heterocycles. The number of phenolic OH excluding ortho intramolecular Hbond substituents is 1. The monoisotopic (exact) mass is 370 g/mol. The normalized spacial score (nSPS) is 28.2. The van der Waals surface area contributed by atoms with Crippen LogP contribution < -0.4 is 11.1 Å². The third-order valence-corrected chi connectivity index (χ3v) is 4.16. The van der Waals surface area contributed by atoms with E-state index in [1.165, 1.54) is 12.1 Å². The molecule has 0 radical (unpaired) electrons. The van der Waals surface area contributed by atoms with Crippen LogP contribution in [0.25, 0.3) is 0 Å². The maximum atomic E-state index is 12.2. The summed E-state index contributed by atoms with van der Waals surface area (Å²) in [4.78, 5) is 23.7. The number of aliphatic carboxylic acids is 1. The fourth-order valence-electron chi connectivity index (χ4n) is 2.65. The van der Waals surface area contributed by atoms with Crippen molar-refractivity contribution in [3.63, 3.8) is 0 Å². The lowest BCUT2D eigenvalue weighted by molar-refractivity contribution is -0.199. The molecule has 0 aliphatic carbocycles. The third-order valence-electron chi connectivity index (χ3n) is 4.16. The lowest BCUT2D eigenvalue weighted by Crippen LogP contribution is -2.63. The highest BCUT2D eigenvalue weighted by atomic mass is 16.5. The molecule has 1 heterocycles. The van der Waals surface area contributed by atoms with E-state index in [1.807, 2.05) is 0 Å². The number of ether oxygens (including phenoxy) is 1. The van der Waals surface area contributed by atoms with E-state index in [-0.39, 0.29) is 18.8 Å². The van der Waals surface area contributed by atoms with Crippen molar-refractivity contribution in [2.75, 3.05) is 6.61 Å². The summed E-state index contributed by atoms with van der Waals surface area (Å²) in [6, 6.07) is 3.26. The zero-order valence-electron chi connectivity index (χ0n) is 13.7. The third kappa shape index (κ3) is 4.68. The van der Waals surface area contributed by atoms with Crippen LogP contribution in [-0.4, -0.2) is 80.5 Å². The number of nitrogens with one attached hydrogen (secondary N) is 1. The number of nitrogens with two attached hydrogens (primary N) is 1. The van der Waals surface area contributed by atoms with Gasteiger partial charge in [-0.1, -0.05) is 12.1 Å². The molecule has 0 aromatic heterocycles. The fourth-order valence-corrected chi connectivity index (χ4v) is 2.65. The van der Waals surface area contributed by atoms with E-state index in [0.717, 1.165) is 0 Å². The number of hydrogen-bond donors (Lipinski definition) is 7. The van der Waals surface area contributed by atoms with Crippen molar-refractivity contribution in [3.8, 4) is 5.75 Å². The van der Waals surface area contributed by atoms with E-state index in [2.05, 4.69) is 5.32 Å². The molecule has 1 aromatic carbocycles. The summed E-state index contributed by atoms with van der Waals surface area (Å²) in [6.07, 6.45) is -6.01. The first-order chi connectivity index (χ1) is 12.2. The second kappa shape index (κ2) is 8.43. The quantitative estimate of drug-likeness (QED) is 0.280. The van der Waals surface area contributed by atoms with Gasteiger partial charge in [0.25, 0.3) is 0 Å². The van der Waals surface area contributed by atoms with Gasteiger partial charge in [0.1, 0.15) is 30.2 Å². The first kappa shape index (κ1) is 20.1. The topological polar surface area (TPSA) is 183 Å². The highest BCUT2D eigenvalue weighted by Crippen LogP contribution is 2.19. The maximum absolute atomic E-state index is 12.2. The van der Waals surface area contributed by atoms with Gasteiger partial charge >= 0.3 is 5.97 Å². The van der Waals surface area contributed by atoms with Crippen LogP contribution in [0.4, 0.5) is 0 Å². The van der Waals surface area contributed by atoms with Crippen LogP contribution in [0.5, 0.6) is 5.75 Å². The first-order valence-corrected chi connectivity index (χ1v) is 7.93. The van der Waals surface area contributed by atoms with Gasteiger partial charge in [-0.3, -0.25) is 4.79 Å². The number of aliphatic hydroxyl groups is 3. The molecule has 0 unspecified atom stereocenters. The number of hydrogen-bond acceptors (Lipinski definition) is 8. The Kier molecular flexibility index (Phi) is 6.51. The van der Waals surface area contributed by atoms with E-state index < -0.39 is 48.4 Å². The summed E-state index contributed by atoms with van der Waals surface area (Å²) in [5.74, 6) is -2.22. The summed E-state index contributed by atoms with van der Waals surface area (Å²) in [5, 5.41) is 49.8. The Morgan fingerprint density at radius 3 is 2.38 bits per heavy atom. The van der Waals surface area contributed by atoms with Crippen LogP contribution in [0, 0.1) is 0 Å². The summed E-state index contributed by atoms with van der Waals surface area (Å²) >= 11 is 0. The van der Waals surface area contributed by atoms with E-state index in [0.29, 0.717) is 5.56 Å². The van der Waals surface area contributed by atoms with Crippen LogP contribution in [0.2, 0.25) is 0 Å². The van der Waals surface area contributed by atoms with Gasteiger partial charge in [0.05, 0.1) is 12.6 Å². The number of rotatable bonds is 6. The summed E-state index contributed by atoms with van der Waals surface area (Å²) < 4.78 is 5.08. The highest BCUT2D eigenvalue weighted by Gasteiger charge is 2.45. The molecule has 2 rings (SSSR count). The number of carboxylic acids is 1. The zero-order chi connectivity index (χ0) is 19.4. The molecule has 144 valence electrons. The Bertz CT molecular complexity index is 638. The first-order valence-electron chi connectivity index (χ1n) is 7.93. The minimum atomic E-state index is -1.70. The summed E-state index contributed by atoms with van der Waals surface area (Å²) in [6.45, 7) is -0.387. The lowest BCUT2D eigenvalue weighted by atomic mass is 9.94. The molecule has 1 fully saturated rings. The molecule has 0 spiro atoms. The molecule has 0 bridgehead atoms. The molecular weight excluding hydrogens is 348 g/mol. The second-order valence-electron chi connectivity index (χ2n) is 6.15. The number of aromatic hydroxyl groups is 1. The van der Waals surface area contributed by atoms with Gasteiger partial charge in [-0.15, -0.1) is 0 Å². The average molecular weight is 370 g/mol. The van der Waals surface area contributed by atoms with Crippen LogP contribution in [-0.2, 0) is 20.7 Å². The zero-order valence-corrected chi connectivity index (χ0v) is 13.7. The molecule has 1 aliphatic rings. The largest absolute Gasteiger partial charge is 0.508 e. The van der Waals surface area contributed by atoms with Crippen molar-refractivity contribution in [3.05, 3.63) is 29.8 Å². The van der Waals surface area contributed by atoms with Gasteiger partial charge < -0.3 is 41.3 Å². The van der Waals surface area contributed by atoms with Crippen molar-refractivity contribution >= 4 is 11.9 Å². The molecule has 10 nitrogen and oxygen atoms in total. The molecule has 0 saturated carbocycles. The average Bonchev–Trinajstić information content (AvgIpc) is 2.60. The van der Waals surface area contributed by atoms with Gasteiger partial charge in [0.2, 0.25) is 5.91 Å². The summed E-state index contributed by atoms with van der Waals surface area (Å²) in [5.41, 5.74) is 6.45.